The highest BCUT2D eigenvalue weighted by atomic mass is 16.2. The summed E-state index contributed by atoms with van der Waals surface area (Å²) in [4.78, 5) is 25.3. The molecule has 1 aliphatic rings. The van der Waals surface area contributed by atoms with E-state index in [9.17, 15) is 9.59 Å². The van der Waals surface area contributed by atoms with E-state index in [1.165, 1.54) is 4.90 Å². The maximum Gasteiger partial charge on any atom is 0.232 e. The number of hydrogen-bond donors (Lipinski definition) is 1. The lowest BCUT2D eigenvalue weighted by Crippen LogP contribution is -2.37. The second kappa shape index (κ2) is 5.13. The molecule has 0 saturated carbocycles. The van der Waals surface area contributed by atoms with E-state index in [0.717, 1.165) is 11.1 Å². The molecule has 4 heteroatoms. The van der Waals surface area contributed by atoms with Crippen LogP contribution in [0, 0.1) is 18.8 Å². The van der Waals surface area contributed by atoms with Crippen molar-refractivity contribution in [3.8, 4) is 0 Å². The van der Waals surface area contributed by atoms with Gasteiger partial charge in [-0.3, -0.25) is 14.5 Å². The lowest BCUT2D eigenvalue weighted by molar-refractivity contribution is -0.140. The van der Waals surface area contributed by atoms with E-state index in [2.05, 4.69) is 0 Å². The van der Waals surface area contributed by atoms with Crippen LogP contribution in [-0.2, 0) is 9.59 Å². The first-order valence-electron chi connectivity index (χ1n) is 6.59. The fourth-order valence-electron chi connectivity index (χ4n) is 2.32. The summed E-state index contributed by atoms with van der Waals surface area (Å²) in [5.74, 6) is -0.699. The number of rotatable bonds is 3. The second-order valence-corrected chi connectivity index (χ2v) is 5.38. The van der Waals surface area contributed by atoms with Crippen molar-refractivity contribution in [3.05, 3.63) is 35.4 Å². The quantitative estimate of drug-likeness (QED) is 0.840. The molecule has 1 heterocycles. The number of nitrogens with two attached hydrogens (primary N) is 1. The van der Waals surface area contributed by atoms with Crippen LogP contribution in [0.4, 0.5) is 0 Å². The molecule has 3 atom stereocenters. The Hall–Kier alpha value is -1.68. The van der Waals surface area contributed by atoms with Gasteiger partial charge >= 0.3 is 0 Å². The first-order chi connectivity index (χ1) is 8.91. The van der Waals surface area contributed by atoms with Crippen molar-refractivity contribution < 1.29 is 9.59 Å². The third-order valence-electron chi connectivity index (χ3n) is 3.95. The molecule has 1 aromatic rings. The molecule has 1 aliphatic heterocycles. The Morgan fingerprint density at radius 3 is 2.05 bits per heavy atom. The largest absolute Gasteiger partial charge is 0.322 e. The summed E-state index contributed by atoms with van der Waals surface area (Å²) in [5.41, 5.74) is 8.20. The number of carbonyl (C=O) groups is 2. The number of nitrogens with zero attached hydrogens (tertiary/aromatic N) is 1. The van der Waals surface area contributed by atoms with E-state index >= 15 is 0 Å². The first-order valence-corrected chi connectivity index (χ1v) is 6.59. The van der Waals surface area contributed by atoms with Crippen molar-refractivity contribution in [2.45, 2.75) is 26.8 Å². The molecule has 1 aromatic carbocycles. The topological polar surface area (TPSA) is 63.4 Å². The molecule has 0 aromatic heterocycles. The zero-order valence-electron chi connectivity index (χ0n) is 11.6. The smallest absolute Gasteiger partial charge is 0.232 e. The van der Waals surface area contributed by atoms with Crippen LogP contribution >= 0.6 is 0 Å². The monoisotopic (exact) mass is 260 g/mol. The SMILES string of the molecule is Cc1ccc(C(N)CN2C(=O)C(C)C(C)C2=O)cc1. The van der Waals surface area contributed by atoms with Crippen molar-refractivity contribution in [1.82, 2.24) is 4.90 Å². The van der Waals surface area contributed by atoms with Crippen molar-refractivity contribution in [1.29, 1.82) is 0 Å². The Morgan fingerprint density at radius 2 is 1.58 bits per heavy atom. The van der Waals surface area contributed by atoms with Crippen molar-refractivity contribution in [2.24, 2.45) is 17.6 Å². The van der Waals surface area contributed by atoms with Crippen LogP contribution in [0.1, 0.15) is 31.0 Å². The molecule has 2 N–H and O–H groups in total. The number of aryl methyl sites for hydroxylation is 1. The standard InChI is InChI=1S/C15H20N2O2/c1-9-4-6-12(7-5-9)13(16)8-17-14(18)10(2)11(3)15(17)19/h4-7,10-11,13H,8,16H2,1-3H3. The molecule has 0 radical (unpaired) electrons. The van der Waals surface area contributed by atoms with E-state index in [1.807, 2.05) is 31.2 Å². The van der Waals surface area contributed by atoms with Crippen molar-refractivity contribution in [2.75, 3.05) is 6.54 Å². The summed E-state index contributed by atoms with van der Waals surface area (Å²) in [6.07, 6.45) is 0. The van der Waals surface area contributed by atoms with Gasteiger partial charge in [-0.05, 0) is 12.5 Å². The van der Waals surface area contributed by atoms with Crippen LogP contribution in [0.15, 0.2) is 24.3 Å². The number of amides is 2. The number of benzene rings is 1. The molecular weight excluding hydrogens is 240 g/mol. The predicted octanol–water partition coefficient (Wildman–Crippen LogP) is 1.64. The molecule has 1 saturated heterocycles. The molecule has 1 fully saturated rings. The number of likely N-dealkylation sites (tertiary alicyclic amines) is 1. The molecule has 0 aliphatic carbocycles. The molecule has 4 nitrogen and oxygen atoms in total. The lowest BCUT2D eigenvalue weighted by Gasteiger charge is -2.20. The number of hydrogen-bond acceptors (Lipinski definition) is 3. The highest BCUT2D eigenvalue weighted by Crippen LogP contribution is 2.27. The summed E-state index contributed by atoms with van der Waals surface area (Å²) in [7, 11) is 0. The Balaban J connectivity index is 2.11. The lowest BCUT2D eigenvalue weighted by atomic mass is 10.00. The molecule has 102 valence electrons. The minimum atomic E-state index is -0.328. The van der Waals surface area contributed by atoms with Gasteiger partial charge in [-0.2, -0.15) is 0 Å². The Bertz CT molecular complexity index is 475. The maximum absolute atomic E-state index is 12.0. The maximum atomic E-state index is 12.0. The van der Waals surface area contributed by atoms with Gasteiger partial charge in [-0.15, -0.1) is 0 Å². The van der Waals surface area contributed by atoms with Gasteiger partial charge in [0.2, 0.25) is 11.8 Å². The van der Waals surface area contributed by atoms with Crippen molar-refractivity contribution >= 4 is 11.8 Å². The summed E-state index contributed by atoms with van der Waals surface area (Å²) in [6, 6.07) is 7.52. The van der Waals surface area contributed by atoms with Gasteiger partial charge in [-0.1, -0.05) is 43.7 Å². The molecule has 19 heavy (non-hydrogen) atoms. The fraction of sp³-hybridized carbons (Fsp3) is 0.467. The average molecular weight is 260 g/mol. The molecule has 0 spiro atoms. The zero-order chi connectivity index (χ0) is 14.2. The highest BCUT2D eigenvalue weighted by molar-refractivity contribution is 6.04. The van der Waals surface area contributed by atoms with E-state index in [-0.39, 0.29) is 36.2 Å². The summed E-state index contributed by atoms with van der Waals surface area (Å²) < 4.78 is 0. The molecular formula is C15H20N2O2. The fourth-order valence-corrected chi connectivity index (χ4v) is 2.32. The number of carbonyl (C=O) groups excluding carboxylic acids is 2. The zero-order valence-corrected chi connectivity index (χ0v) is 11.6. The van der Waals surface area contributed by atoms with Crippen LogP contribution in [-0.4, -0.2) is 23.3 Å². The molecule has 3 unspecified atom stereocenters. The number of imide groups is 1. The summed E-state index contributed by atoms with van der Waals surface area (Å²) in [5, 5.41) is 0. The van der Waals surface area contributed by atoms with Gasteiger partial charge in [-0.25, -0.2) is 0 Å². The Morgan fingerprint density at radius 1 is 1.11 bits per heavy atom. The van der Waals surface area contributed by atoms with Crippen LogP contribution in [0.5, 0.6) is 0 Å². The minimum absolute atomic E-state index is 0.111. The van der Waals surface area contributed by atoms with Crippen LogP contribution in [0.2, 0.25) is 0 Å². The third kappa shape index (κ3) is 2.54. The van der Waals surface area contributed by atoms with Gasteiger partial charge in [0.05, 0.1) is 0 Å². The van der Waals surface area contributed by atoms with Gasteiger partial charge < -0.3 is 5.73 Å². The Kier molecular flexibility index (Phi) is 3.71. The van der Waals surface area contributed by atoms with E-state index < -0.39 is 0 Å². The van der Waals surface area contributed by atoms with Gasteiger partial charge in [0.25, 0.3) is 0 Å². The van der Waals surface area contributed by atoms with E-state index in [0.29, 0.717) is 0 Å². The van der Waals surface area contributed by atoms with Gasteiger partial charge in [0.1, 0.15) is 0 Å². The molecule has 0 bridgehead atoms. The Labute approximate surface area is 113 Å². The molecule has 2 rings (SSSR count). The van der Waals surface area contributed by atoms with Crippen LogP contribution in [0.3, 0.4) is 0 Å². The normalized spacial score (nSPS) is 24.9. The summed E-state index contributed by atoms with van der Waals surface area (Å²) in [6.45, 7) is 5.85. The third-order valence-corrected chi connectivity index (χ3v) is 3.95. The second-order valence-electron chi connectivity index (χ2n) is 5.38. The highest BCUT2D eigenvalue weighted by Gasteiger charge is 2.42. The summed E-state index contributed by atoms with van der Waals surface area (Å²) >= 11 is 0. The van der Waals surface area contributed by atoms with Gasteiger partial charge in [0.15, 0.2) is 0 Å². The van der Waals surface area contributed by atoms with Crippen LogP contribution in [0.25, 0.3) is 0 Å². The average Bonchev–Trinajstić information content (AvgIpc) is 2.57. The van der Waals surface area contributed by atoms with Crippen molar-refractivity contribution in [3.63, 3.8) is 0 Å². The molecule has 2 amide bonds. The predicted molar refractivity (Wildman–Crippen MR) is 73.2 cm³/mol. The van der Waals surface area contributed by atoms with Crippen LogP contribution < -0.4 is 5.73 Å². The van der Waals surface area contributed by atoms with E-state index in [1.54, 1.807) is 13.8 Å². The minimum Gasteiger partial charge on any atom is -0.322 e. The van der Waals surface area contributed by atoms with E-state index in [4.69, 9.17) is 5.73 Å². The van der Waals surface area contributed by atoms with Gasteiger partial charge in [0, 0.05) is 24.4 Å². The first kappa shape index (κ1) is 13.7.